The summed E-state index contributed by atoms with van der Waals surface area (Å²) in [6, 6.07) is 6.02. The van der Waals surface area contributed by atoms with Gasteiger partial charge in [0.1, 0.15) is 0 Å². The van der Waals surface area contributed by atoms with E-state index in [-0.39, 0.29) is 29.2 Å². The molecule has 2 N–H and O–H groups in total. The molecule has 1 aliphatic rings. The van der Waals surface area contributed by atoms with E-state index in [1.54, 1.807) is 19.2 Å². The van der Waals surface area contributed by atoms with Gasteiger partial charge in [-0.2, -0.15) is 4.31 Å². The molecule has 0 bridgehead atoms. The maximum atomic E-state index is 12.8. The summed E-state index contributed by atoms with van der Waals surface area (Å²) in [6.45, 7) is 2.76. The molecule has 0 aliphatic carbocycles. The van der Waals surface area contributed by atoms with E-state index in [1.807, 2.05) is 0 Å². The van der Waals surface area contributed by atoms with Crippen LogP contribution in [0.4, 0.5) is 5.69 Å². The molecule has 0 spiro atoms. The zero-order valence-corrected chi connectivity index (χ0v) is 15.8. The molecular formula is C17H25N3O5S. The molecular weight excluding hydrogens is 358 g/mol. The van der Waals surface area contributed by atoms with Crippen LogP contribution in [0.25, 0.3) is 0 Å². The van der Waals surface area contributed by atoms with Crippen LogP contribution in [0.15, 0.2) is 29.2 Å². The summed E-state index contributed by atoms with van der Waals surface area (Å²) in [6.07, 6.45) is 1.29. The molecule has 26 heavy (non-hydrogen) atoms. The van der Waals surface area contributed by atoms with E-state index >= 15 is 0 Å². The summed E-state index contributed by atoms with van der Waals surface area (Å²) < 4.78 is 31.9. The summed E-state index contributed by atoms with van der Waals surface area (Å²) in [4.78, 5) is 23.4. The number of benzene rings is 1. The van der Waals surface area contributed by atoms with Crippen molar-refractivity contribution in [3.8, 4) is 0 Å². The van der Waals surface area contributed by atoms with Crippen molar-refractivity contribution in [3.63, 3.8) is 0 Å². The summed E-state index contributed by atoms with van der Waals surface area (Å²) in [5.74, 6) is -0.740. The van der Waals surface area contributed by atoms with E-state index in [2.05, 4.69) is 10.6 Å². The van der Waals surface area contributed by atoms with Gasteiger partial charge in [-0.1, -0.05) is 0 Å². The van der Waals surface area contributed by atoms with Crippen LogP contribution in [0.2, 0.25) is 0 Å². The van der Waals surface area contributed by atoms with E-state index < -0.39 is 10.0 Å². The molecule has 2 amide bonds. The first-order valence-corrected chi connectivity index (χ1v) is 9.93. The zero-order chi connectivity index (χ0) is 19.2. The normalized spacial score (nSPS) is 18.3. The largest absolute Gasteiger partial charge is 0.383 e. The van der Waals surface area contributed by atoms with Crippen LogP contribution in [-0.2, 0) is 24.3 Å². The SMILES string of the molecule is COCCNC(=O)[C@@H]1CCCN(S(=O)(=O)c2ccc(NC(C)=O)cc2)C1. The van der Waals surface area contributed by atoms with E-state index in [4.69, 9.17) is 4.74 Å². The Kier molecular flexibility index (Phi) is 7.13. The van der Waals surface area contributed by atoms with Crippen LogP contribution in [0.1, 0.15) is 19.8 Å². The fourth-order valence-electron chi connectivity index (χ4n) is 2.86. The summed E-state index contributed by atoms with van der Waals surface area (Å²) in [7, 11) is -2.13. The average molecular weight is 383 g/mol. The number of hydrogen-bond donors (Lipinski definition) is 2. The van der Waals surface area contributed by atoms with Gasteiger partial charge < -0.3 is 15.4 Å². The topological polar surface area (TPSA) is 105 Å². The Bertz CT molecular complexity index is 733. The van der Waals surface area contributed by atoms with Crippen LogP contribution in [0, 0.1) is 5.92 Å². The fourth-order valence-corrected chi connectivity index (χ4v) is 4.38. The Morgan fingerprint density at radius 2 is 1.96 bits per heavy atom. The zero-order valence-electron chi connectivity index (χ0n) is 15.0. The monoisotopic (exact) mass is 383 g/mol. The minimum absolute atomic E-state index is 0.145. The number of ether oxygens (including phenoxy) is 1. The second kappa shape index (κ2) is 9.11. The number of hydrogen-bond acceptors (Lipinski definition) is 5. The second-order valence-electron chi connectivity index (χ2n) is 6.19. The number of methoxy groups -OCH3 is 1. The lowest BCUT2D eigenvalue weighted by Gasteiger charge is -2.31. The van der Waals surface area contributed by atoms with Gasteiger partial charge in [-0.15, -0.1) is 0 Å². The third-order valence-corrected chi connectivity index (χ3v) is 6.05. The lowest BCUT2D eigenvalue weighted by atomic mass is 9.99. The number of amides is 2. The van der Waals surface area contributed by atoms with Crippen molar-refractivity contribution in [2.75, 3.05) is 38.7 Å². The van der Waals surface area contributed by atoms with Gasteiger partial charge >= 0.3 is 0 Å². The Morgan fingerprint density at radius 1 is 1.27 bits per heavy atom. The van der Waals surface area contributed by atoms with Crippen molar-refractivity contribution >= 4 is 27.5 Å². The summed E-state index contributed by atoms with van der Waals surface area (Å²) in [5.41, 5.74) is 0.533. The van der Waals surface area contributed by atoms with Crippen LogP contribution in [0.3, 0.4) is 0 Å². The van der Waals surface area contributed by atoms with E-state index in [0.29, 0.717) is 38.2 Å². The number of rotatable bonds is 7. The third kappa shape index (κ3) is 5.26. The van der Waals surface area contributed by atoms with E-state index in [9.17, 15) is 18.0 Å². The number of anilines is 1. The first kappa shape index (κ1) is 20.3. The Balaban J connectivity index is 2.05. The minimum atomic E-state index is -3.68. The van der Waals surface area contributed by atoms with Crippen molar-refractivity contribution in [3.05, 3.63) is 24.3 Å². The molecule has 1 aliphatic heterocycles. The highest BCUT2D eigenvalue weighted by atomic mass is 32.2. The second-order valence-corrected chi connectivity index (χ2v) is 8.13. The molecule has 8 nitrogen and oxygen atoms in total. The minimum Gasteiger partial charge on any atom is -0.383 e. The molecule has 9 heteroatoms. The van der Waals surface area contributed by atoms with Gasteiger partial charge in [0.05, 0.1) is 17.4 Å². The third-order valence-electron chi connectivity index (χ3n) is 4.17. The molecule has 1 atom stereocenters. The Morgan fingerprint density at radius 3 is 2.58 bits per heavy atom. The van der Waals surface area contributed by atoms with E-state index in [0.717, 1.165) is 0 Å². The molecule has 1 aromatic rings. The highest BCUT2D eigenvalue weighted by Gasteiger charge is 2.33. The van der Waals surface area contributed by atoms with Gasteiger partial charge in [0.25, 0.3) is 0 Å². The van der Waals surface area contributed by atoms with Crippen molar-refractivity contribution in [2.45, 2.75) is 24.7 Å². The van der Waals surface area contributed by atoms with Crippen molar-refractivity contribution in [1.82, 2.24) is 9.62 Å². The molecule has 0 saturated carbocycles. The Hall–Kier alpha value is -1.97. The first-order valence-electron chi connectivity index (χ1n) is 8.49. The maximum Gasteiger partial charge on any atom is 0.243 e. The number of nitrogens with one attached hydrogen (secondary N) is 2. The molecule has 0 radical (unpaired) electrons. The average Bonchev–Trinajstić information content (AvgIpc) is 2.62. The highest BCUT2D eigenvalue weighted by Crippen LogP contribution is 2.24. The quantitative estimate of drug-likeness (QED) is 0.678. The van der Waals surface area contributed by atoms with Gasteiger partial charge in [-0.05, 0) is 37.1 Å². The van der Waals surface area contributed by atoms with Crippen molar-refractivity contribution < 1.29 is 22.7 Å². The predicted molar refractivity (Wildman–Crippen MR) is 97.1 cm³/mol. The van der Waals surface area contributed by atoms with Crippen LogP contribution >= 0.6 is 0 Å². The first-order chi connectivity index (χ1) is 12.3. The number of carbonyl (C=O) groups is 2. The summed E-state index contributed by atoms with van der Waals surface area (Å²) in [5, 5.41) is 5.36. The molecule has 144 valence electrons. The van der Waals surface area contributed by atoms with Gasteiger partial charge in [-0.25, -0.2) is 8.42 Å². The smallest absolute Gasteiger partial charge is 0.243 e. The highest BCUT2D eigenvalue weighted by molar-refractivity contribution is 7.89. The van der Waals surface area contributed by atoms with Gasteiger partial charge in [0.2, 0.25) is 21.8 Å². The van der Waals surface area contributed by atoms with Crippen LogP contribution in [-0.4, -0.2) is 57.9 Å². The molecule has 0 unspecified atom stereocenters. The van der Waals surface area contributed by atoms with Gasteiger partial charge in [0, 0.05) is 39.4 Å². The standard InChI is InChI=1S/C17H25N3O5S/c1-13(21)19-15-5-7-16(8-6-15)26(23,24)20-10-3-4-14(12-20)17(22)18-9-11-25-2/h5-8,14H,3-4,9-12H2,1-2H3,(H,18,22)(H,19,21)/t14-/m1/s1. The molecule has 2 rings (SSSR count). The summed E-state index contributed by atoms with van der Waals surface area (Å²) >= 11 is 0. The van der Waals surface area contributed by atoms with Crippen molar-refractivity contribution in [2.24, 2.45) is 5.92 Å². The Labute approximate surface area is 153 Å². The number of nitrogens with zero attached hydrogens (tertiary/aromatic N) is 1. The lowest BCUT2D eigenvalue weighted by molar-refractivity contribution is -0.126. The molecule has 1 fully saturated rings. The van der Waals surface area contributed by atoms with Crippen molar-refractivity contribution in [1.29, 1.82) is 0 Å². The number of sulfonamides is 1. The number of carbonyl (C=O) groups excluding carboxylic acids is 2. The predicted octanol–water partition coefficient (Wildman–Crippen LogP) is 0.808. The molecule has 1 heterocycles. The molecule has 0 aromatic heterocycles. The molecule has 1 aromatic carbocycles. The number of piperidine rings is 1. The van der Waals surface area contributed by atoms with Crippen LogP contribution in [0.5, 0.6) is 0 Å². The molecule has 1 saturated heterocycles. The van der Waals surface area contributed by atoms with E-state index in [1.165, 1.54) is 23.4 Å². The van der Waals surface area contributed by atoms with Gasteiger partial charge in [0.15, 0.2) is 0 Å². The maximum absolute atomic E-state index is 12.8. The van der Waals surface area contributed by atoms with Gasteiger partial charge in [-0.3, -0.25) is 9.59 Å². The fraction of sp³-hybridized carbons (Fsp3) is 0.529. The van der Waals surface area contributed by atoms with Crippen LogP contribution < -0.4 is 10.6 Å². The lowest BCUT2D eigenvalue weighted by Crippen LogP contribution is -2.45.